The molecule has 1 aromatic heterocycles. The summed E-state index contributed by atoms with van der Waals surface area (Å²) in [6, 6.07) is 9.75. The minimum Gasteiger partial charge on any atom is -0.459 e. The van der Waals surface area contributed by atoms with Crippen LogP contribution in [0, 0.1) is 5.82 Å². The molecule has 0 unspecified atom stereocenters. The van der Waals surface area contributed by atoms with Gasteiger partial charge in [0.2, 0.25) is 0 Å². The van der Waals surface area contributed by atoms with Crippen LogP contribution < -0.4 is 10.6 Å². The van der Waals surface area contributed by atoms with Crippen molar-refractivity contribution in [2.75, 3.05) is 26.7 Å². The number of furan rings is 1. The summed E-state index contributed by atoms with van der Waals surface area (Å²) in [5.41, 5.74) is 0.860. The van der Waals surface area contributed by atoms with E-state index >= 15 is 0 Å². The van der Waals surface area contributed by atoms with Crippen LogP contribution in [-0.2, 0) is 6.54 Å². The average Bonchev–Trinajstić information content (AvgIpc) is 3.12. The van der Waals surface area contributed by atoms with Crippen molar-refractivity contribution in [2.45, 2.75) is 13.5 Å². The van der Waals surface area contributed by atoms with Gasteiger partial charge in [0.1, 0.15) is 5.82 Å². The molecule has 0 aliphatic rings. The van der Waals surface area contributed by atoms with Crippen molar-refractivity contribution in [3.05, 3.63) is 59.8 Å². The first-order chi connectivity index (χ1) is 12.1. The normalized spacial score (nSPS) is 10.8. The molecule has 1 aromatic carbocycles. The quantitative estimate of drug-likeness (QED) is 0.280. The maximum atomic E-state index is 13.3. The summed E-state index contributed by atoms with van der Waals surface area (Å²) >= 11 is 0. The first-order valence-corrected chi connectivity index (χ1v) is 8.15. The molecule has 0 atom stereocenters. The molecule has 142 valence electrons. The lowest BCUT2D eigenvalue weighted by molar-refractivity contribution is 0.0927. The molecule has 0 aliphatic carbocycles. The van der Waals surface area contributed by atoms with Gasteiger partial charge in [-0.15, -0.1) is 24.0 Å². The number of aliphatic imine (C=N–C) groups is 1. The highest BCUT2D eigenvalue weighted by atomic mass is 127. The Morgan fingerprint density at radius 2 is 2.08 bits per heavy atom. The Balaban J connectivity index is 0.00000338. The van der Waals surface area contributed by atoms with Gasteiger partial charge in [-0.1, -0.05) is 12.1 Å². The molecule has 26 heavy (non-hydrogen) atoms. The van der Waals surface area contributed by atoms with Crippen molar-refractivity contribution < 1.29 is 13.6 Å². The van der Waals surface area contributed by atoms with Gasteiger partial charge in [-0.3, -0.25) is 9.79 Å². The zero-order chi connectivity index (χ0) is 18.1. The SMILES string of the molecule is CCNC(=NCCNC(=O)c1ccco1)N(C)Cc1cccc(F)c1.I. The molecule has 1 amide bonds. The topological polar surface area (TPSA) is 69.9 Å². The predicted molar refractivity (Wildman–Crippen MR) is 110 cm³/mol. The highest BCUT2D eigenvalue weighted by Crippen LogP contribution is 2.06. The number of rotatable bonds is 7. The number of guanidine groups is 1. The third-order valence-corrected chi connectivity index (χ3v) is 3.41. The smallest absolute Gasteiger partial charge is 0.287 e. The summed E-state index contributed by atoms with van der Waals surface area (Å²) in [5.74, 6) is 0.449. The Kier molecular flexibility index (Phi) is 9.71. The van der Waals surface area contributed by atoms with Crippen LogP contribution in [0.1, 0.15) is 23.0 Å². The number of nitrogens with one attached hydrogen (secondary N) is 2. The van der Waals surface area contributed by atoms with Crippen molar-refractivity contribution in [3.8, 4) is 0 Å². The molecule has 0 spiro atoms. The second-order valence-corrected chi connectivity index (χ2v) is 5.45. The number of halogens is 2. The molecule has 6 nitrogen and oxygen atoms in total. The fourth-order valence-corrected chi connectivity index (χ4v) is 2.28. The zero-order valence-corrected chi connectivity index (χ0v) is 17.2. The monoisotopic (exact) mass is 474 g/mol. The molecule has 0 saturated heterocycles. The van der Waals surface area contributed by atoms with Crippen LogP contribution in [0.25, 0.3) is 0 Å². The Labute approximate surface area is 169 Å². The van der Waals surface area contributed by atoms with Gasteiger partial charge in [-0.05, 0) is 36.8 Å². The van der Waals surface area contributed by atoms with Crippen LogP contribution in [-0.4, -0.2) is 43.4 Å². The number of benzene rings is 1. The van der Waals surface area contributed by atoms with Crippen molar-refractivity contribution in [1.82, 2.24) is 15.5 Å². The van der Waals surface area contributed by atoms with Gasteiger partial charge < -0.3 is 20.0 Å². The Morgan fingerprint density at radius 1 is 1.27 bits per heavy atom. The number of nitrogens with zero attached hydrogens (tertiary/aromatic N) is 2. The van der Waals surface area contributed by atoms with E-state index in [1.165, 1.54) is 18.4 Å². The highest BCUT2D eigenvalue weighted by Gasteiger charge is 2.08. The van der Waals surface area contributed by atoms with Crippen LogP contribution >= 0.6 is 24.0 Å². The highest BCUT2D eigenvalue weighted by molar-refractivity contribution is 14.0. The Bertz CT molecular complexity index is 707. The van der Waals surface area contributed by atoms with Crippen LogP contribution in [0.15, 0.2) is 52.1 Å². The molecule has 0 radical (unpaired) electrons. The summed E-state index contributed by atoms with van der Waals surface area (Å²) < 4.78 is 18.3. The van der Waals surface area contributed by atoms with Gasteiger partial charge in [0.15, 0.2) is 11.7 Å². The Hall–Kier alpha value is -2.10. The number of amides is 1. The maximum Gasteiger partial charge on any atom is 0.287 e. The zero-order valence-electron chi connectivity index (χ0n) is 14.9. The average molecular weight is 474 g/mol. The van der Waals surface area contributed by atoms with Crippen molar-refractivity contribution in [1.29, 1.82) is 0 Å². The van der Waals surface area contributed by atoms with E-state index in [-0.39, 0.29) is 41.5 Å². The lowest BCUT2D eigenvalue weighted by Crippen LogP contribution is -2.39. The van der Waals surface area contributed by atoms with E-state index in [2.05, 4.69) is 15.6 Å². The summed E-state index contributed by atoms with van der Waals surface area (Å²) in [7, 11) is 1.88. The fraction of sp³-hybridized carbons (Fsp3) is 0.333. The lowest BCUT2D eigenvalue weighted by Gasteiger charge is -2.22. The molecule has 0 fully saturated rings. The largest absolute Gasteiger partial charge is 0.459 e. The molecular weight excluding hydrogens is 450 g/mol. The van der Waals surface area contributed by atoms with Crippen LogP contribution in [0.2, 0.25) is 0 Å². The standard InChI is InChI=1S/C18H23FN4O2.HI/c1-3-20-18(23(2)13-14-6-4-7-15(19)12-14)22-10-9-21-17(24)16-8-5-11-25-16;/h4-8,11-12H,3,9-10,13H2,1-2H3,(H,20,22)(H,21,24);1H. The number of hydrogen-bond donors (Lipinski definition) is 2. The number of hydrogen-bond acceptors (Lipinski definition) is 3. The van der Waals surface area contributed by atoms with Crippen molar-refractivity contribution >= 4 is 35.8 Å². The first-order valence-electron chi connectivity index (χ1n) is 8.15. The van der Waals surface area contributed by atoms with E-state index in [4.69, 9.17) is 4.42 Å². The second-order valence-electron chi connectivity index (χ2n) is 5.45. The summed E-state index contributed by atoms with van der Waals surface area (Å²) in [4.78, 5) is 18.2. The molecule has 1 heterocycles. The Morgan fingerprint density at radius 3 is 2.73 bits per heavy atom. The van der Waals surface area contributed by atoms with E-state index in [1.807, 2.05) is 24.9 Å². The maximum absolute atomic E-state index is 13.3. The van der Waals surface area contributed by atoms with Gasteiger partial charge in [0.05, 0.1) is 12.8 Å². The molecule has 8 heteroatoms. The third kappa shape index (κ3) is 7.03. The lowest BCUT2D eigenvalue weighted by atomic mass is 10.2. The molecule has 0 bridgehead atoms. The third-order valence-electron chi connectivity index (χ3n) is 3.41. The van der Waals surface area contributed by atoms with Crippen LogP contribution in [0.3, 0.4) is 0 Å². The number of carbonyl (C=O) groups is 1. The molecule has 2 rings (SSSR count). The van der Waals surface area contributed by atoms with E-state index in [0.29, 0.717) is 32.1 Å². The predicted octanol–water partition coefficient (Wildman–Crippen LogP) is 2.86. The van der Waals surface area contributed by atoms with Gasteiger partial charge in [0.25, 0.3) is 5.91 Å². The molecule has 2 N–H and O–H groups in total. The van der Waals surface area contributed by atoms with Crippen molar-refractivity contribution in [3.63, 3.8) is 0 Å². The van der Waals surface area contributed by atoms with E-state index in [0.717, 1.165) is 5.56 Å². The second kappa shape index (κ2) is 11.5. The van der Waals surface area contributed by atoms with Gasteiger partial charge in [-0.2, -0.15) is 0 Å². The summed E-state index contributed by atoms with van der Waals surface area (Å²) in [6.45, 7) is 4.03. The number of carbonyl (C=O) groups excluding carboxylic acids is 1. The summed E-state index contributed by atoms with van der Waals surface area (Å²) in [6.07, 6.45) is 1.46. The molecule has 0 saturated carbocycles. The minimum absolute atomic E-state index is 0. The molecule has 0 aliphatic heterocycles. The first kappa shape index (κ1) is 21.9. The minimum atomic E-state index is -0.265. The van der Waals surface area contributed by atoms with E-state index < -0.39 is 0 Å². The van der Waals surface area contributed by atoms with Gasteiger partial charge in [0, 0.05) is 26.7 Å². The van der Waals surface area contributed by atoms with Crippen LogP contribution in [0.4, 0.5) is 4.39 Å². The fourth-order valence-electron chi connectivity index (χ4n) is 2.28. The van der Waals surface area contributed by atoms with Crippen LogP contribution in [0.5, 0.6) is 0 Å². The van der Waals surface area contributed by atoms with E-state index in [1.54, 1.807) is 18.2 Å². The van der Waals surface area contributed by atoms with Gasteiger partial charge in [-0.25, -0.2) is 4.39 Å². The summed E-state index contributed by atoms with van der Waals surface area (Å²) in [5, 5.41) is 5.93. The van der Waals surface area contributed by atoms with Gasteiger partial charge >= 0.3 is 0 Å². The molecule has 2 aromatic rings. The van der Waals surface area contributed by atoms with E-state index in [9.17, 15) is 9.18 Å². The molecular formula is C18H24FIN4O2. The van der Waals surface area contributed by atoms with Crippen molar-refractivity contribution in [2.24, 2.45) is 4.99 Å².